The summed E-state index contributed by atoms with van der Waals surface area (Å²) in [5, 5.41) is 12.1. The molecule has 1 aliphatic rings. The zero-order valence-electron chi connectivity index (χ0n) is 11.8. The Balaban J connectivity index is 2.95. The number of hydrogen-bond acceptors (Lipinski definition) is 5. The van der Waals surface area contributed by atoms with Crippen LogP contribution in [0.1, 0.15) is 19.8 Å². The van der Waals surface area contributed by atoms with Gasteiger partial charge in [0.2, 0.25) is 5.91 Å². The number of rotatable bonds is 5. The first-order chi connectivity index (χ1) is 8.99. The van der Waals surface area contributed by atoms with E-state index in [0.717, 1.165) is 5.75 Å². The molecule has 1 saturated heterocycles. The summed E-state index contributed by atoms with van der Waals surface area (Å²) >= 11 is 1.69. The van der Waals surface area contributed by atoms with Crippen LogP contribution in [0.15, 0.2) is 5.16 Å². The van der Waals surface area contributed by atoms with Crippen molar-refractivity contribution >= 4 is 23.5 Å². The van der Waals surface area contributed by atoms with Crippen LogP contribution in [0.4, 0.5) is 0 Å². The first-order valence-electron chi connectivity index (χ1n) is 6.31. The Hall–Kier alpha value is -0.950. The average molecular weight is 289 g/mol. The molecule has 1 aliphatic heterocycles. The number of nitrogens with two attached hydrogens (primary N) is 1. The van der Waals surface area contributed by atoms with Crippen molar-refractivity contribution in [1.29, 1.82) is 0 Å². The molecule has 0 radical (unpaired) electrons. The van der Waals surface area contributed by atoms with Gasteiger partial charge in [-0.1, -0.05) is 5.16 Å². The number of carbonyl (C=O) groups excluding carboxylic acids is 1. The maximum Gasteiger partial charge on any atom is 0.236 e. The summed E-state index contributed by atoms with van der Waals surface area (Å²) in [6.45, 7) is 2.90. The molecule has 7 heteroatoms. The Bertz CT molecular complexity index is 343. The lowest BCUT2D eigenvalue weighted by Gasteiger charge is -2.39. The zero-order chi connectivity index (χ0) is 14.5. The van der Waals surface area contributed by atoms with E-state index in [1.807, 2.05) is 13.2 Å². The first kappa shape index (κ1) is 16.1. The highest BCUT2D eigenvalue weighted by atomic mass is 32.2. The first-order valence-corrected chi connectivity index (χ1v) is 7.71. The summed E-state index contributed by atoms with van der Waals surface area (Å²) in [4.78, 5) is 14.4. The number of carbonyl (C=O) groups is 1. The minimum Gasteiger partial charge on any atom is -0.409 e. The molecule has 1 unspecified atom stereocenters. The summed E-state index contributed by atoms with van der Waals surface area (Å²) in [5.41, 5.74) is 4.87. The van der Waals surface area contributed by atoms with E-state index in [9.17, 15) is 4.79 Å². The van der Waals surface area contributed by atoms with E-state index in [0.29, 0.717) is 26.1 Å². The van der Waals surface area contributed by atoms with E-state index in [-0.39, 0.29) is 17.8 Å². The highest BCUT2D eigenvalue weighted by Crippen LogP contribution is 2.33. The highest BCUT2D eigenvalue weighted by Gasteiger charge is 2.46. The van der Waals surface area contributed by atoms with Gasteiger partial charge in [-0.15, -0.1) is 0 Å². The van der Waals surface area contributed by atoms with Crippen molar-refractivity contribution in [2.24, 2.45) is 16.3 Å². The van der Waals surface area contributed by atoms with Gasteiger partial charge in [0.25, 0.3) is 0 Å². The molecular formula is C12H23N3O3S. The fourth-order valence-corrected chi connectivity index (χ4v) is 2.99. The predicted octanol–water partition coefficient (Wildman–Crippen LogP) is 0.740. The van der Waals surface area contributed by atoms with E-state index < -0.39 is 5.41 Å². The van der Waals surface area contributed by atoms with Crippen molar-refractivity contribution in [3.63, 3.8) is 0 Å². The lowest BCUT2D eigenvalue weighted by molar-refractivity contribution is -0.142. The quantitative estimate of drug-likeness (QED) is 0.337. The molecule has 3 N–H and O–H groups in total. The van der Waals surface area contributed by atoms with Crippen LogP contribution < -0.4 is 5.73 Å². The third kappa shape index (κ3) is 3.33. The Kier molecular flexibility index (Phi) is 5.93. The summed E-state index contributed by atoms with van der Waals surface area (Å²) in [7, 11) is 1.77. The Morgan fingerprint density at radius 2 is 2.16 bits per heavy atom. The molecule has 0 aromatic rings. The number of amidine groups is 1. The molecule has 0 bridgehead atoms. The Labute approximate surface area is 118 Å². The van der Waals surface area contributed by atoms with E-state index in [2.05, 4.69) is 5.16 Å². The molecule has 0 aromatic heterocycles. The van der Waals surface area contributed by atoms with Crippen molar-refractivity contribution in [2.45, 2.75) is 25.8 Å². The lowest BCUT2D eigenvalue weighted by atomic mass is 9.77. The van der Waals surface area contributed by atoms with Crippen LogP contribution in [-0.4, -0.2) is 60.2 Å². The summed E-state index contributed by atoms with van der Waals surface area (Å²) in [5.74, 6) is 0.752. The second-order valence-corrected chi connectivity index (χ2v) is 5.81. The Morgan fingerprint density at radius 3 is 2.63 bits per heavy atom. The minimum atomic E-state index is -0.922. The highest BCUT2D eigenvalue weighted by molar-refractivity contribution is 7.98. The second kappa shape index (κ2) is 7.00. The third-order valence-corrected chi connectivity index (χ3v) is 4.56. The van der Waals surface area contributed by atoms with Crippen molar-refractivity contribution in [3.05, 3.63) is 0 Å². The minimum absolute atomic E-state index is 0.0102. The standard InChI is InChI=1S/C12H23N3O3S/c1-9(8-19-3)15(2)11(16)12(10(13)14-17)4-6-18-7-5-12/h9,17H,4-8H2,1-3H3,(H2,13,14). The molecule has 1 atom stereocenters. The topological polar surface area (TPSA) is 88.2 Å². The van der Waals surface area contributed by atoms with Crippen molar-refractivity contribution in [3.8, 4) is 0 Å². The molecular weight excluding hydrogens is 266 g/mol. The molecule has 6 nitrogen and oxygen atoms in total. The van der Waals surface area contributed by atoms with Crippen molar-refractivity contribution in [1.82, 2.24) is 4.90 Å². The monoisotopic (exact) mass is 289 g/mol. The molecule has 1 heterocycles. The van der Waals surface area contributed by atoms with E-state index in [1.54, 1.807) is 23.7 Å². The van der Waals surface area contributed by atoms with Gasteiger partial charge in [0.05, 0.1) is 0 Å². The molecule has 1 amide bonds. The fraction of sp³-hybridized carbons (Fsp3) is 0.833. The van der Waals surface area contributed by atoms with Gasteiger partial charge in [0, 0.05) is 32.1 Å². The largest absolute Gasteiger partial charge is 0.409 e. The smallest absolute Gasteiger partial charge is 0.236 e. The number of oxime groups is 1. The van der Waals surface area contributed by atoms with Gasteiger partial charge >= 0.3 is 0 Å². The van der Waals surface area contributed by atoms with Gasteiger partial charge in [-0.2, -0.15) is 11.8 Å². The molecule has 110 valence electrons. The van der Waals surface area contributed by atoms with E-state index in [1.165, 1.54) is 0 Å². The molecule has 0 saturated carbocycles. The van der Waals surface area contributed by atoms with Crippen LogP contribution in [0.5, 0.6) is 0 Å². The zero-order valence-corrected chi connectivity index (χ0v) is 12.6. The maximum absolute atomic E-state index is 12.7. The lowest BCUT2D eigenvalue weighted by Crippen LogP contribution is -2.55. The molecule has 19 heavy (non-hydrogen) atoms. The molecule has 0 aromatic carbocycles. The summed E-state index contributed by atoms with van der Waals surface area (Å²) in [6, 6.07) is 0.105. The Morgan fingerprint density at radius 1 is 1.58 bits per heavy atom. The van der Waals surface area contributed by atoms with Gasteiger partial charge in [0.1, 0.15) is 5.41 Å². The number of nitrogens with zero attached hydrogens (tertiary/aromatic N) is 2. The summed E-state index contributed by atoms with van der Waals surface area (Å²) in [6.07, 6.45) is 2.92. The van der Waals surface area contributed by atoms with Crippen molar-refractivity contribution in [2.75, 3.05) is 32.3 Å². The van der Waals surface area contributed by atoms with E-state index >= 15 is 0 Å². The predicted molar refractivity (Wildman–Crippen MR) is 76.5 cm³/mol. The van der Waals surface area contributed by atoms with E-state index in [4.69, 9.17) is 15.7 Å². The van der Waals surface area contributed by atoms with Crippen LogP contribution in [-0.2, 0) is 9.53 Å². The van der Waals surface area contributed by atoms with Gasteiger partial charge in [0.15, 0.2) is 5.84 Å². The SMILES string of the molecule is CSCC(C)N(C)C(=O)C1(C(N)=NO)CCOCC1. The van der Waals surface area contributed by atoms with Crippen LogP contribution >= 0.6 is 11.8 Å². The van der Waals surface area contributed by atoms with Gasteiger partial charge < -0.3 is 20.6 Å². The number of ether oxygens (including phenoxy) is 1. The fourth-order valence-electron chi connectivity index (χ4n) is 2.29. The van der Waals surface area contributed by atoms with Gasteiger partial charge in [-0.25, -0.2) is 0 Å². The second-order valence-electron chi connectivity index (χ2n) is 4.90. The molecule has 1 fully saturated rings. The third-order valence-electron chi connectivity index (χ3n) is 3.74. The van der Waals surface area contributed by atoms with Gasteiger partial charge in [-0.3, -0.25) is 4.79 Å². The summed E-state index contributed by atoms with van der Waals surface area (Å²) < 4.78 is 5.29. The molecule has 1 rings (SSSR count). The number of hydrogen-bond donors (Lipinski definition) is 2. The molecule has 0 aliphatic carbocycles. The van der Waals surface area contributed by atoms with Crippen LogP contribution in [0.2, 0.25) is 0 Å². The van der Waals surface area contributed by atoms with Crippen LogP contribution in [0, 0.1) is 5.41 Å². The van der Waals surface area contributed by atoms with Crippen molar-refractivity contribution < 1.29 is 14.7 Å². The number of amides is 1. The van der Waals surface area contributed by atoms with Gasteiger partial charge in [-0.05, 0) is 26.0 Å². The normalized spacial score (nSPS) is 20.9. The van der Waals surface area contributed by atoms with Crippen LogP contribution in [0.25, 0.3) is 0 Å². The maximum atomic E-state index is 12.7. The molecule has 0 spiro atoms. The van der Waals surface area contributed by atoms with Crippen LogP contribution in [0.3, 0.4) is 0 Å². The average Bonchev–Trinajstić information content (AvgIpc) is 2.45. The number of thioether (sulfide) groups is 1.